The third-order valence-corrected chi connectivity index (χ3v) is 1.33. The summed E-state index contributed by atoms with van der Waals surface area (Å²) in [5, 5.41) is 6.14. The lowest BCUT2D eigenvalue weighted by molar-refractivity contribution is 0.222. The zero-order valence-corrected chi connectivity index (χ0v) is 8.57. The lowest BCUT2D eigenvalue weighted by atomic mass is 10.2. The van der Waals surface area contributed by atoms with Gasteiger partial charge in [-0.05, 0) is 12.2 Å². The van der Waals surface area contributed by atoms with Gasteiger partial charge in [0, 0.05) is 0 Å². The summed E-state index contributed by atoms with van der Waals surface area (Å²) in [5.41, 5.74) is 0. The Morgan fingerprint density at radius 3 is 2.09 bits per heavy atom. The molecule has 1 N–H and O–H groups in total. The molecule has 0 aromatic carbocycles. The molecule has 0 heterocycles. The fourth-order valence-corrected chi connectivity index (χ4v) is 0.762. The van der Waals surface area contributed by atoms with Gasteiger partial charge in [0.05, 0.1) is 0 Å². The van der Waals surface area contributed by atoms with E-state index < -0.39 is 5.30 Å². The highest BCUT2D eigenvalue weighted by atomic mass is 32.1. The standard InChI is InChI=1S/C6H14S.CH2O2S/c1-2-3-4-5-6-7;2-1(3)4/h7H,2-6H2,1H3;4H,(H,2,3). The zero-order chi connectivity index (χ0) is 9.11. The SMILES string of the molecule is CCCCCCS.O=C(O)S. The van der Waals surface area contributed by atoms with Crippen LogP contribution < -0.4 is 0 Å². The molecule has 0 fully saturated rings. The summed E-state index contributed by atoms with van der Waals surface area (Å²) in [6, 6.07) is 0. The van der Waals surface area contributed by atoms with Crippen LogP contribution in [-0.4, -0.2) is 16.2 Å². The van der Waals surface area contributed by atoms with Gasteiger partial charge < -0.3 is 5.11 Å². The molecule has 0 bridgehead atoms. The Morgan fingerprint density at radius 2 is 1.82 bits per heavy atom. The molecule has 0 aromatic rings. The number of hydrogen-bond donors (Lipinski definition) is 3. The van der Waals surface area contributed by atoms with E-state index in [0.29, 0.717) is 0 Å². The summed E-state index contributed by atoms with van der Waals surface area (Å²) in [6.07, 6.45) is 5.35. The van der Waals surface area contributed by atoms with Crippen LogP contribution in [0.1, 0.15) is 32.6 Å². The number of rotatable bonds is 4. The van der Waals surface area contributed by atoms with Crippen molar-refractivity contribution in [2.24, 2.45) is 0 Å². The fraction of sp³-hybridized carbons (Fsp3) is 0.857. The highest BCUT2D eigenvalue weighted by Crippen LogP contribution is 1.98. The van der Waals surface area contributed by atoms with Gasteiger partial charge in [-0.25, -0.2) is 4.79 Å². The predicted octanol–water partition coefficient (Wildman–Crippen LogP) is 3.09. The lowest BCUT2D eigenvalue weighted by Crippen LogP contribution is -1.74. The summed E-state index contributed by atoms with van der Waals surface area (Å²) in [7, 11) is 0. The first-order chi connectivity index (χ1) is 5.15. The molecule has 68 valence electrons. The molecule has 0 unspecified atom stereocenters. The fourth-order valence-electron chi connectivity index (χ4n) is 0.539. The number of hydrogen-bond acceptors (Lipinski definition) is 2. The molecule has 0 amide bonds. The quantitative estimate of drug-likeness (QED) is 0.477. The van der Waals surface area contributed by atoms with Crippen LogP contribution in [0.25, 0.3) is 0 Å². The van der Waals surface area contributed by atoms with E-state index in [0.717, 1.165) is 5.75 Å². The number of carboxylic acid groups (broad SMARTS) is 1. The lowest BCUT2D eigenvalue weighted by Gasteiger charge is -1.90. The minimum absolute atomic E-state index is 1.06. The monoisotopic (exact) mass is 196 g/mol. The number of carbonyl (C=O) groups is 1. The third-order valence-electron chi connectivity index (χ3n) is 1.01. The molecule has 0 spiro atoms. The van der Waals surface area contributed by atoms with Crippen molar-refractivity contribution >= 4 is 30.6 Å². The maximum atomic E-state index is 8.86. The van der Waals surface area contributed by atoms with Gasteiger partial charge in [0.15, 0.2) is 0 Å². The number of unbranched alkanes of at least 4 members (excludes halogenated alkanes) is 3. The van der Waals surface area contributed by atoms with Crippen molar-refractivity contribution in [1.82, 2.24) is 0 Å². The highest BCUT2D eigenvalue weighted by Gasteiger charge is 1.80. The van der Waals surface area contributed by atoms with Gasteiger partial charge in [0.1, 0.15) is 0 Å². The molecule has 0 radical (unpaired) electrons. The van der Waals surface area contributed by atoms with E-state index in [1.54, 1.807) is 0 Å². The van der Waals surface area contributed by atoms with Crippen LogP contribution in [0.3, 0.4) is 0 Å². The predicted molar refractivity (Wildman–Crippen MR) is 55.0 cm³/mol. The van der Waals surface area contributed by atoms with E-state index in [4.69, 9.17) is 9.90 Å². The first-order valence-corrected chi connectivity index (χ1v) is 4.75. The van der Waals surface area contributed by atoms with Gasteiger partial charge >= 0.3 is 5.30 Å². The van der Waals surface area contributed by atoms with Crippen LogP contribution in [0, 0.1) is 0 Å². The molecule has 0 aliphatic carbocycles. The van der Waals surface area contributed by atoms with Gasteiger partial charge in [-0.2, -0.15) is 12.6 Å². The molecule has 0 rings (SSSR count). The Morgan fingerprint density at radius 1 is 1.36 bits per heavy atom. The third kappa shape index (κ3) is 39.0. The second kappa shape index (κ2) is 12.8. The van der Waals surface area contributed by atoms with E-state index in [-0.39, 0.29) is 0 Å². The molecular weight excluding hydrogens is 180 g/mol. The minimum atomic E-state index is -1.14. The Balaban J connectivity index is 0. The van der Waals surface area contributed by atoms with Gasteiger partial charge in [0.25, 0.3) is 0 Å². The molecule has 0 aliphatic rings. The molecule has 0 saturated carbocycles. The van der Waals surface area contributed by atoms with E-state index in [9.17, 15) is 0 Å². The summed E-state index contributed by atoms with van der Waals surface area (Å²) >= 11 is 6.98. The number of thiol groups is 2. The topological polar surface area (TPSA) is 37.3 Å². The molecule has 4 heteroatoms. The van der Waals surface area contributed by atoms with Crippen LogP contribution >= 0.6 is 25.3 Å². The van der Waals surface area contributed by atoms with Crippen molar-refractivity contribution in [3.63, 3.8) is 0 Å². The molecule has 0 aliphatic heterocycles. The average Bonchev–Trinajstić information content (AvgIpc) is 1.88. The van der Waals surface area contributed by atoms with E-state index in [1.807, 2.05) is 0 Å². The highest BCUT2D eigenvalue weighted by molar-refractivity contribution is 7.96. The van der Waals surface area contributed by atoms with Crippen molar-refractivity contribution in [2.45, 2.75) is 32.6 Å². The first kappa shape index (κ1) is 13.7. The van der Waals surface area contributed by atoms with Gasteiger partial charge in [-0.3, -0.25) is 0 Å². The van der Waals surface area contributed by atoms with Crippen LogP contribution in [0.5, 0.6) is 0 Å². The Kier molecular flexibility index (Phi) is 16.0. The molecule has 0 saturated heterocycles. The van der Waals surface area contributed by atoms with Gasteiger partial charge in [-0.1, -0.05) is 38.8 Å². The Labute approximate surface area is 79.2 Å². The summed E-state index contributed by atoms with van der Waals surface area (Å²) in [6.45, 7) is 2.22. The van der Waals surface area contributed by atoms with Crippen molar-refractivity contribution in [3.05, 3.63) is 0 Å². The molecule has 0 atom stereocenters. The Hall–Kier alpha value is 0.170. The van der Waals surface area contributed by atoms with Gasteiger partial charge in [-0.15, -0.1) is 0 Å². The van der Waals surface area contributed by atoms with Crippen LogP contribution in [-0.2, 0) is 0 Å². The maximum absolute atomic E-state index is 8.86. The van der Waals surface area contributed by atoms with Crippen molar-refractivity contribution in [3.8, 4) is 0 Å². The normalized spacial score (nSPS) is 8.27. The molecular formula is C7H16O2S2. The smallest absolute Gasteiger partial charge is 0.361 e. The van der Waals surface area contributed by atoms with Gasteiger partial charge in [0.2, 0.25) is 0 Å². The Bertz CT molecular complexity index is 78.5. The second-order valence-electron chi connectivity index (χ2n) is 2.07. The van der Waals surface area contributed by atoms with E-state index in [2.05, 4.69) is 32.2 Å². The average molecular weight is 196 g/mol. The minimum Gasteiger partial charge on any atom is -0.473 e. The van der Waals surface area contributed by atoms with E-state index in [1.165, 1.54) is 25.7 Å². The molecule has 2 nitrogen and oxygen atoms in total. The summed E-state index contributed by atoms with van der Waals surface area (Å²) in [5.74, 6) is 1.06. The van der Waals surface area contributed by atoms with Crippen LogP contribution in [0.15, 0.2) is 0 Å². The summed E-state index contributed by atoms with van der Waals surface area (Å²) in [4.78, 5) is 8.86. The first-order valence-electron chi connectivity index (χ1n) is 3.67. The summed E-state index contributed by atoms with van der Waals surface area (Å²) < 4.78 is 0. The van der Waals surface area contributed by atoms with Crippen molar-refractivity contribution < 1.29 is 9.90 Å². The maximum Gasteiger partial charge on any atom is 0.361 e. The largest absolute Gasteiger partial charge is 0.473 e. The van der Waals surface area contributed by atoms with Crippen molar-refractivity contribution in [2.75, 3.05) is 5.75 Å². The van der Waals surface area contributed by atoms with Crippen molar-refractivity contribution in [1.29, 1.82) is 0 Å². The van der Waals surface area contributed by atoms with E-state index >= 15 is 0 Å². The van der Waals surface area contributed by atoms with Crippen LogP contribution in [0.4, 0.5) is 4.79 Å². The second-order valence-corrected chi connectivity index (χ2v) is 2.90. The van der Waals surface area contributed by atoms with Crippen LogP contribution in [0.2, 0.25) is 0 Å². The zero-order valence-electron chi connectivity index (χ0n) is 6.79. The molecule has 11 heavy (non-hydrogen) atoms. The molecule has 0 aromatic heterocycles.